The zero-order chi connectivity index (χ0) is 12.5. The third-order valence-electron chi connectivity index (χ3n) is 2.99. The van der Waals surface area contributed by atoms with Gasteiger partial charge >= 0.3 is 0 Å². The van der Waals surface area contributed by atoms with Crippen molar-refractivity contribution in [3.8, 4) is 0 Å². The van der Waals surface area contributed by atoms with Gasteiger partial charge in [-0.15, -0.1) is 0 Å². The number of halogens is 2. The van der Waals surface area contributed by atoms with E-state index in [4.69, 9.17) is 16.3 Å². The summed E-state index contributed by atoms with van der Waals surface area (Å²) < 4.78 is 6.76. The van der Waals surface area contributed by atoms with E-state index in [1.807, 2.05) is 18.2 Å². The van der Waals surface area contributed by atoms with Crippen LogP contribution >= 0.6 is 27.5 Å². The highest BCUT2D eigenvalue weighted by atomic mass is 79.9. The fourth-order valence-electron chi connectivity index (χ4n) is 2.18. The maximum atomic E-state index is 6.01. The van der Waals surface area contributed by atoms with Crippen molar-refractivity contribution < 1.29 is 4.74 Å². The molecule has 1 heterocycles. The first-order valence-corrected chi connectivity index (χ1v) is 6.99. The number of rotatable bonds is 2. The zero-order valence-corrected chi connectivity index (χ0v) is 12.4. The minimum absolute atomic E-state index is 0.0407. The summed E-state index contributed by atoms with van der Waals surface area (Å²) in [5, 5.41) is 4.29. The van der Waals surface area contributed by atoms with Crippen LogP contribution in [0.4, 0.5) is 5.69 Å². The van der Waals surface area contributed by atoms with Gasteiger partial charge in [0.05, 0.1) is 11.3 Å². The average molecular weight is 319 g/mol. The van der Waals surface area contributed by atoms with E-state index in [-0.39, 0.29) is 5.60 Å². The summed E-state index contributed by atoms with van der Waals surface area (Å²) in [4.78, 5) is 0. The molecular weight excluding hydrogens is 302 g/mol. The van der Waals surface area contributed by atoms with Gasteiger partial charge in [0.25, 0.3) is 0 Å². The van der Waals surface area contributed by atoms with E-state index in [1.54, 1.807) is 0 Å². The van der Waals surface area contributed by atoms with Gasteiger partial charge in [0, 0.05) is 22.1 Å². The highest BCUT2D eigenvalue weighted by Crippen LogP contribution is 2.30. The maximum Gasteiger partial charge on any atom is 0.0646 e. The maximum absolute atomic E-state index is 6.01. The van der Waals surface area contributed by atoms with Crippen LogP contribution in [0.25, 0.3) is 0 Å². The Balaban J connectivity index is 2.07. The van der Waals surface area contributed by atoms with Gasteiger partial charge in [0.15, 0.2) is 0 Å². The predicted molar refractivity (Wildman–Crippen MR) is 75.8 cm³/mol. The second-order valence-corrected chi connectivity index (χ2v) is 6.36. The molecule has 1 aromatic rings. The van der Waals surface area contributed by atoms with Crippen molar-refractivity contribution in [1.29, 1.82) is 0 Å². The van der Waals surface area contributed by atoms with Crippen molar-refractivity contribution in [2.75, 3.05) is 11.9 Å². The Kier molecular flexibility index (Phi) is 4.01. The molecule has 0 bridgehead atoms. The first kappa shape index (κ1) is 13.2. The van der Waals surface area contributed by atoms with Crippen LogP contribution < -0.4 is 5.32 Å². The molecule has 0 spiro atoms. The molecule has 1 saturated heterocycles. The van der Waals surface area contributed by atoms with Crippen LogP contribution in [0.5, 0.6) is 0 Å². The first-order valence-electron chi connectivity index (χ1n) is 5.82. The van der Waals surface area contributed by atoms with Crippen LogP contribution in [0, 0.1) is 0 Å². The lowest BCUT2D eigenvalue weighted by Gasteiger charge is -2.36. The van der Waals surface area contributed by atoms with Crippen molar-refractivity contribution in [3.63, 3.8) is 0 Å². The van der Waals surface area contributed by atoms with Crippen molar-refractivity contribution in [1.82, 2.24) is 0 Å². The Labute approximate surface area is 116 Å². The van der Waals surface area contributed by atoms with E-state index in [2.05, 4.69) is 35.1 Å². The Morgan fingerprint density at radius 3 is 2.94 bits per heavy atom. The van der Waals surface area contributed by atoms with Crippen LogP contribution in [-0.2, 0) is 4.74 Å². The number of anilines is 1. The van der Waals surface area contributed by atoms with E-state index >= 15 is 0 Å². The smallest absolute Gasteiger partial charge is 0.0646 e. The lowest BCUT2D eigenvalue weighted by atomic mass is 9.94. The van der Waals surface area contributed by atoms with Crippen molar-refractivity contribution >= 4 is 33.2 Å². The molecule has 1 N–H and O–H groups in total. The molecule has 1 aliphatic rings. The third kappa shape index (κ3) is 3.60. The molecule has 17 heavy (non-hydrogen) atoms. The summed E-state index contributed by atoms with van der Waals surface area (Å²) in [6.07, 6.45) is 2.04. The van der Waals surface area contributed by atoms with Gasteiger partial charge in [-0.3, -0.25) is 0 Å². The van der Waals surface area contributed by atoms with Crippen LogP contribution in [0.15, 0.2) is 22.7 Å². The summed E-state index contributed by atoms with van der Waals surface area (Å²) in [6, 6.07) is 6.24. The molecule has 2 nitrogen and oxygen atoms in total. The highest BCUT2D eigenvalue weighted by Gasteiger charge is 2.28. The van der Waals surface area contributed by atoms with Gasteiger partial charge in [-0.25, -0.2) is 0 Å². The normalized spacial score (nSPS) is 23.4. The number of benzene rings is 1. The quantitative estimate of drug-likeness (QED) is 0.868. The molecule has 94 valence electrons. The minimum atomic E-state index is -0.0407. The lowest BCUT2D eigenvalue weighted by molar-refractivity contribution is -0.0553. The Bertz CT molecular complexity index is 408. The molecule has 0 aliphatic carbocycles. The average Bonchev–Trinajstić information content (AvgIpc) is 2.22. The molecule has 1 aliphatic heterocycles. The van der Waals surface area contributed by atoms with Gasteiger partial charge in [-0.05, 0) is 60.8 Å². The molecule has 1 fully saturated rings. The van der Waals surface area contributed by atoms with E-state index in [1.165, 1.54) is 0 Å². The minimum Gasteiger partial charge on any atom is -0.381 e. The number of hydrogen-bond acceptors (Lipinski definition) is 2. The van der Waals surface area contributed by atoms with Crippen molar-refractivity contribution in [3.05, 3.63) is 27.7 Å². The van der Waals surface area contributed by atoms with Gasteiger partial charge in [0.1, 0.15) is 0 Å². The van der Waals surface area contributed by atoms with Gasteiger partial charge in [-0.2, -0.15) is 0 Å². The molecule has 0 aromatic heterocycles. The van der Waals surface area contributed by atoms with Crippen LogP contribution in [-0.4, -0.2) is 18.2 Å². The topological polar surface area (TPSA) is 21.3 Å². The van der Waals surface area contributed by atoms with Crippen molar-refractivity contribution in [2.45, 2.75) is 38.3 Å². The summed E-state index contributed by atoms with van der Waals surface area (Å²) in [5.74, 6) is 0. The Morgan fingerprint density at radius 1 is 1.47 bits per heavy atom. The summed E-state index contributed by atoms with van der Waals surface area (Å²) in [6.45, 7) is 5.07. The largest absolute Gasteiger partial charge is 0.381 e. The van der Waals surface area contributed by atoms with Crippen molar-refractivity contribution in [2.24, 2.45) is 0 Å². The standard InChI is InChI=1S/C13H17BrClNO/c1-13(2)8-10(5-6-17-13)16-12-7-9(15)3-4-11(12)14/h3-4,7,10,16H,5-6,8H2,1-2H3. The number of nitrogens with one attached hydrogen (secondary N) is 1. The second kappa shape index (κ2) is 5.17. The molecule has 0 radical (unpaired) electrons. The second-order valence-electron chi connectivity index (χ2n) is 5.07. The number of ether oxygens (including phenoxy) is 1. The molecule has 1 aromatic carbocycles. The van der Waals surface area contributed by atoms with E-state index in [9.17, 15) is 0 Å². The molecule has 4 heteroatoms. The lowest BCUT2D eigenvalue weighted by Crippen LogP contribution is -2.40. The van der Waals surface area contributed by atoms with Crippen LogP contribution in [0.1, 0.15) is 26.7 Å². The SMILES string of the molecule is CC1(C)CC(Nc2cc(Cl)ccc2Br)CCO1. The van der Waals surface area contributed by atoms with Gasteiger partial charge in [0.2, 0.25) is 0 Å². The molecule has 0 amide bonds. The monoisotopic (exact) mass is 317 g/mol. The van der Waals surface area contributed by atoms with E-state index in [0.29, 0.717) is 6.04 Å². The fourth-order valence-corrected chi connectivity index (χ4v) is 2.72. The molecule has 2 rings (SSSR count). The fraction of sp³-hybridized carbons (Fsp3) is 0.538. The molecule has 1 unspecified atom stereocenters. The van der Waals surface area contributed by atoms with Crippen LogP contribution in [0.2, 0.25) is 5.02 Å². The Morgan fingerprint density at radius 2 is 2.24 bits per heavy atom. The van der Waals surface area contributed by atoms with E-state index < -0.39 is 0 Å². The molecular formula is C13H17BrClNO. The number of hydrogen-bond donors (Lipinski definition) is 1. The summed E-state index contributed by atoms with van der Waals surface area (Å²) in [7, 11) is 0. The molecule has 1 atom stereocenters. The Hall–Kier alpha value is -0.250. The third-order valence-corrected chi connectivity index (χ3v) is 3.91. The summed E-state index contributed by atoms with van der Waals surface area (Å²) in [5.41, 5.74) is 1.02. The first-order chi connectivity index (χ1) is 7.96. The van der Waals surface area contributed by atoms with Gasteiger partial charge in [-0.1, -0.05) is 11.6 Å². The molecule has 0 saturated carbocycles. The van der Waals surface area contributed by atoms with E-state index in [0.717, 1.165) is 34.6 Å². The summed E-state index contributed by atoms with van der Waals surface area (Å²) >= 11 is 9.54. The van der Waals surface area contributed by atoms with Gasteiger partial charge < -0.3 is 10.1 Å². The zero-order valence-electron chi connectivity index (χ0n) is 10.1. The highest BCUT2D eigenvalue weighted by molar-refractivity contribution is 9.10. The predicted octanol–water partition coefficient (Wildman–Crippen LogP) is 4.47. The van der Waals surface area contributed by atoms with Crippen LogP contribution in [0.3, 0.4) is 0 Å².